The van der Waals surface area contributed by atoms with Crippen LogP contribution in [0.15, 0.2) is 23.5 Å². The molecule has 4 atom stereocenters. The average Bonchev–Trinajstić information content (AvgIpc) is 2.84. The van der Waals surface area contributed by atoms with Crippen LogP contribution in [-0.2, 0) is 19.0 Å². The summed E-state index contributed by atoms with van der Waals surface area (Å²) >= 11 is 0. The maximum absolute atomic E-state index is 11.3. The van der Waals surface area contributed by atoms with Gasteiger partial charge in [0, 0.05) is 19.1 Å². The Morgan fingerprint density at radius 3 is 2.95 bits per heavy atom. The number of aliphatic hydroxyl groups is 1. The second-order valence-corrected chi connectivity index (χ2v) is 5.16. The van der Waals surface area contributed by atoms with Gasteiger partial charge < -0.3 is 24.4 Å². The van der Waals surface area contributed by atoms with Gasteiger partial charge in [0.2, 0.25) is 6.29 Å². The minimum absolute atomic E-state index is 0.0227. The maximum Gasteiger partial charge on any atom is 0.335 e. The van der Waals surface area contributed by atoms with Crippen LogP contribution in [0, 0.1) is 11.8 Å². The molecule has 6 heteroatoms. The third-order valence-corrected chi connectivity index (χ3v) is 3.89. The summed E-state index contributed by atoms with van der Waals surface area (Å²) in [7, 11) is 0. The highest BCUT2D eigenvalue weighted by atomic mass is 16.8. The topological polar surface area (TPSA) is 85.2 Å². The lowest BCUT2D eigenvalue weighted by Gasteiger charge is -2.35. The Balaban J connectivity index is 2.17. The first-order valence-corrected chi connectivity index (χ1v) is 7.24. The largest absolute Gasteiger partial charge is 0.478 e. The molecule has 2 rings (SSSR count). The van der Waals surface area contributed by atoms with Gasteiger partial charge in [0.25, 0.3) is 0 Å². The van der Waals surface area contributed by atoms with Gasteiger partial charge in [-0.3, -0.25) is 0 Å². The molecule has 0 fully saturated rings. The summed E-state index contributed by atoms with van der Waals surface area (Å²) in [6.07, 6.45) is 3.38. The van der Waals surface area contributed by atoms with Crippen molar-refractivity contribution in [2.24, 2.45) is 11.8 Å². The molecule has 0 saturated carbocycles. The summed E-state index contributed by atoms with van der Waals surface area (Å²) in [5.74, 6) is -1.33. The molecular weight excluding hydrogens is 276 g/mol. The van der Waals surface area contributed by atoms with Crippen LogP contribution in [0.25, 0.3) is 0 Å². The van der Waals surface area contributed by atoms with Crippen molar-refractivity contribution in [2.75, 3.05) is 13.2 Å². The predicted octanol–water partition coefficient (Wildman–Crippen LogP) is 1.66. The van der Waals surface area contributed by atoms with E-state index in [-0.39, 0.29) is 24.0 Å². The molecule has 0 spiro atoms. The second-order valence-electron chi connectivity index (χ2n) is 5.16. The van der Waals surface area contributed by atoms with Gasteiger partial charge in [0.05, 0.1) is 17.8 Å². The van der Waals surface area contributed by atoms with Gasteiger partial charge in [-0.15, -0.1) is 0 Å². The molecule has 6 nitrogen and oxygen atoms in total. The highest BCUT2D eigenvalue weighted by Gasteiger charge is 2.44. The van der Waals surface area contributed by atoms with Gasteiger partial charge in [0.1, 0.15) is 0 Å². The van der Waals surface area contributed by atoms with Crippen LogP contribution in [0.3, 0.4) is 0 Å². The van der Waals surface area contributed by atoms with Crippen LogP contribution in [0.5, 0.6) is 0 Å². The minimum atomic E-state index is -0.972. The Bertz CT molecular complexity index is 441. The fraction of sp³-hybridized carbons (Fsp3) is 0.667. The Kier molecular flexibility index (Phi) is 5.39. The number of aliphatic carboxylic acids is 1. The number of allylic oxidation sites excluding steroid dienone is 1. The molecule has 2 N–H and O–H groups in total. The van der Waals surface area contributed by atoms with E-state index >= 15 is 0 Å². The molecule has 0 aromatic heterocycles. The fourth-order valence-corrected chi connectivity index (χ4v) is 3.00. The Hall–Kier alpha value is -1.37. The van der Waals surface area contributed by atoms with E-state index in [2.05, 4.69) is 0 Å². The molecule has 0 aromatic rings. The monoisotopic (exact) mass is 298 g/mol. The van der Waals surface area contributed by atoms with E-state index < -0.39 is 18.5 Å². The average molecular weight is 298 g/mol. The molecule has 1 unspecified atom stereocenters. The van der Waals surface area contributed by atoms with E-state index in [1.165, 1.54) is 6.26 Å². The summed E-state index contributed by atoms with van der Waals surface area (Å²) in [4.78, 5) is 11.3. The van der Waals surface area contributed by atoms with Gasteiger partial charge in [-0.05, 0) is 26.7 Å². The summed E-state index contributed by atoms with van der Waals surface area (Å²) in [5.41, 5.74) is 1.25. The van der Waals surface area contributed by atoms with Crippen molar-refractivity contribution < 1.29 is 29.2 Å². The van der Waals surface area contributed by atoms with E-state index in [0.717, 1.165) is 5.57 Å². The molecule has 21 heavy (non-hydrogen) atoms. The van der Waals surface area contributed by atoms with Crippen LogP contribution in [0.2, 0.25) is 0 Å². The lowest BCUT2D eigenvalue weighted by molar-refractivity contribution is -0.242. The standard InChI is InChI=1S/C15H22O6/c1-3-19-9(2)21-15-13-10(6-7-16)4-5-11(13)12(8-20-15)14(17)18/h4,8-9,11,13,15-16H,3,5-7H2,1-2H3,(H,17,18)/t9?,11-,13+,15-/m1/s1. The molecule has 0 saturated heterocycles. The van der Waals surface area contributed by atoms with Gasteiger partial charge in [0.15, 0.2) is 6.29 Å². The van der Waals surface area contributed by atoms with Crippen molar-refractivity contribution in [3.05, 3.63) is 23.5 Å². The first kappa shape index (κ1) is 16.0. The number of rotatable bonds is 7. The van der Waals surface area contributed by atoms with Crippen molar-refractivity contribution in [3.8, 4) is 0 Å². The molecule has 2 aliphatic rings. The third kappa shape index (κ3) is 3.45. The van der Waals surface area contributed by atoms with Gasteiger partial charge in [-0.25, -0.2) is 4.79 Å². The van der Waals surface area contributed by atoms with E-state index in [1.54, 1.807) is 6.92 Å². The molecule has 118 valence electrons. The molecule has 1 aliphatic heterocycles. The van der Waals surface area contributed by atoms with Crippen LogP contribution >= 0.6 is 0 Å². The zero-order valence-electron chi connectivity index (χ0n) is 12.3. The summed E-state index contributed by atoms with van der Waals surface area (Å²) in [5, 5.41) is 18.4. The highest BCUT2D eigenvalue weighted by molar-refractivity contribution is 5.87. The second kappa shape index (κ2) is 7.06. The van der Waals surface area contributed by atoms with E-state index in [9.17, 15) is 9.90 Å². The number of hydrogen-bond acceptors (Lipinski definition) is 5. The smallest absolute Gasteiger partial charge is 0.335 e. The molecular formula is C15H22O6. The SMILES string of the molecule is CCOC(C)O[C@H]1OC=C(C(=O)O)[C@H]2CC=C(CCO)[C@H]12. The lowest BCUT2D eigenvalue weighted by Crippen LogP contribution is -2.39. The van der Waals surface area contributed by atoms with Crippen molar-refractivity contribution >= 4 is 5.97 Å². The molecule has 0 aromatic carbocycles. The van der Waals surface area contributed by atoms with Crippen LogP contribution in [0.4, 0.5) is 0 Å². The van der Waals surface area contributed by atoms with Crippen LogP contribution in [0.1, 0.15) is 26.7 Å². The van der Waals surface area contributed by atoms with Crippen molar-refractivity contribution in [1.82, 2.24) is 0 Å². The zero-order valence-corrected chi connectivity index (χ0v) is 12.3. The number of aliphatic hydroxyl groups excluding tert-OH is 1. The lowest BCUT2D eigenvalue weighted by atomic mass is 9.82. The Morgan fingerprint density at radius 2 is 2.33 bits per heavy atom. The van der Waals surface area contributed by atoms with Crippen molar-refractivity contribution in [2.45, 2.75) is 39.3 Å². The van der Waals surface area contributed by atoms with Crippen molar-refractivity contribution in [3.63, 3.8) is 0 Å². The first-order chi connectivity index (χ1) is 10.1. The minimum Gasteiger partial charge on any atom is -0.478 e. The van der Waals surface area contributed by atoms with Gasteiger partial charge >= 0.3 is 5.97 Å². The number of ether oxygens (including phenoxy) is 3. The number of fused-ring (bicyclic) bond motifs is 1. The number of carbonyl (C=O) groups is 1. The molecule has 1 aliphatic carbocycles. The van der Waals surface area contributed by atoms with Gasteiger partial charge in [-0.1, -0.05) is 11.6 Å². The summed E-state index contributed by atoms with van der Waals surface area (Å²) in [6, 6.07) is 0. The Labute approximate surface area is 124 Å². The first-order valence-electron chi connectivity index (χ1n) is 7.24. The quantitative estimate of drug-likeness (QED) is 0.549. The molecule has 1 heterocycles. The van der Waals surface area contributed by atoms with Crippen molar-refractivity contribution in [1.29, 1.82) is 0 Å². The summed E-state index contributed by atoms with van der Waals surface area (Å²) in [6.45, 7) is 4.20. The fourth-order valence-electron chi connectivity index (χ4n) is 3.00. The van der Waals surface area contributed by atoms with E-state index in [0.29, 0.717) is 19.4 Å². The van der Waals surface area contributed by atoms with E-state index in [1.807, 2.05) is 13.0 Å². The predicted molar refractivity (Wildman–Crippen MR) is 74.1 cm³/mol. The molecule has 0 radical (unpaired) electrons. The summed E-state index contributed by atoms with van der Waals surface area (Å²) < 4.78 is 16.6. The normalized spacial score (nSPS) is 29.2. The van der Waals surface area contributed by atoms with Gasteiger partial charge in [-0.2, -0.15) is 0 Å². The number of hydrogen-bond donors (Lipinski definition) is 2. The molecule has 0 bridgehead atoms. The van der Waals surface area contributed by atoms with E-state index in [4.69, 9.17) is 19.3 Å². The van der Waals surface area contributed by atoms with Crippen LogP contribution < -0.4 is 0 Å². The number of carboxylic acids is 1. The third-order valence-electron chi connectivity index (χ3n) is 3.89. The maximum atomic E-state index is 11.3. The van der Waals surface area contributed by atoms with Crippen LogP contribution in [-0.4, -0.2) is 42.0 Å². The zero-order chi connectivity index (χ0) is 15.4. The molecule has 0 amide bonds. The highest BCUT2D eigenvalue weighted by Crippen LogP contribution is 2.44. The Morgan fingerprint density at radius 1 is 1.57 bits per heavy atom. The number of carboxylic acid groups (broad SMARTS) is 1.